The summed E-state index contributed by atoms with van der Waals surface area (Å²) in [6, 6.07) is 4.95. The van der Waals surface area contributed by atoms with Gasteiger partial charge in [-0.2, -0.15) is 0 Å². The summed E-state index contributed by atoms with van der Waals surface area (Å²) in [5.41, 5.74) is 0.437. The van der Waals surface area contributed by atoms with Gasteiger partial charge in [0.25, 0.3) is 0 Å². The molecule has 0 aliphatic heterocycles. The number of hydrogen-bond donors (Lipinski definition) is 3. The first kappa shape index (κ1) is 12.7. The number of benzene rings is 1. The molecule has 3 nitrogen and oxygen atoms in total. The van der Waals surface area contributed by atoms with E-state index in [1.54, 1.807) is 25.2 Å². The van der Waals surface area contributed by atoms with Gasteiger partial charge in [0, 0.05) is 12.1 Å². The molecule has 0 saturated carbocycles. The summed E-state index contributed by atoms with van der Waals surface area (Å²) in [5, 5.41) is 22.8. The third-order valence-electron chi connectivity index (χ3n) is 2.08. The summed E-state index contributed by atoms with van der Waals surface area (Å²) < 4.78 is 0. The molecule has 0 amide bonds. The monoisotopic (exact) mass is 249 g/mol. The lowest BCUT2D eigenvalue weighted by Crippen LogP contribution is -2.29. The number of hydrogen-bond acceptors (Lipinski definition) is 3. The van der Waals surface area contributed by atoms with Crippen LogP contribution in [-0.2, 0) is 0 Å². The number of nitrogens with one attached hydrogen (secondary N) is 1. The number of aliphatic hydroxyl groups is 2. The van der Waals surface area contributed by atoms with Gasteiger partial charge in [0.2, 0.25) is 0 Å². The molecule has 0 aliphatic rings. The molecule has 0 bridgehead atoms. The Bertz CT molecular complexity index is 333. The van der Waals surface area contributed by atoms with Crippen LogP contribution in [0.5, 0.6) is 0 Å². The van der Waals surface area contributed by atoms with E-state index in [1.807, 2.05) is 0 Å². The molecular formula is C10H13Cl2NO2. The summed E-state index contributed by atoms with van der Waals surface area (Å²) in [6.07, 6.45) is -1.95. The fourth-order valence-electron chi connectivity index (χ4n) is 1.28. The minimum atomic E-state index is -1.04. The summed E-state index contributed by atoms with van der Waals surface area (Å²) in [4.78, 5) is 0. The molecule has 15 heavy (non-hydrogen) atoms. The molecule has 3 N–H and O–H groups in total. The van der Waals surface area contributed by atoms with Crippen LogP contribution in [0.25, 0.3) is 0 Å². The van der Waals surface area contributed by atoms with Gasteiger partial charge in [-0.25, -0.2) is 0 Å². The van der Waals surface area contributed by atoms with Crippen molar-refractivity contribution in [1.29, 1.82) is 0 Å². The quantitative estimate of drug-likeness (QED) is 0.760. The van der Waals surface area contributed by atoms with E-state index in [-0.39, 0.29) is 11.6 Å². The summed E-state index contributed by atoms with van der Waals surface area (Å²) >= 11 is 11.7. The molecule has 0 aromatic heterocycles. The van der Waals surface area contributed by atoms with Gasteiger partial charge in [-0.3, -0.25) is 0 Å². The maximum atomic E-state index is 9.79. The first-order valence-electron chi connectivity index (χ1n) is 4.52. The highest BCUT2D eigenvalue weighted by Gasteiger charge is 2.20. The molecule has 0 radical (unpaired) electrons. The normalized spacial score (nSPS) is 15.0. The van der Waals surface area contributed by atoms with E-state index in [1.165, 1.54) is 0 Å². The van der Waals surface area contributed by atoms with Crippen molar-refractivity contribution in [2.75, 3.05) is 13.6 Å². The maximum Gasteiger partial charge on any atom is 0.108 e. The molecule has 5 heteroatoms. The average molecular weight is 250 g/mol. The zero-order chi connectivity index (χ0) is 11.4. The fourth-order valence-corrected chi connectivity index (χ4v) is 1.70. The molecule has 0 fully saturated rings. The SMILES string of the molecule is CNCC(O)C(O)c1cccc(Cl)c1Cl. The van der Waals surface area contributed by atoms with Crippen molar-refractivity contribution < 1.29 is 10.2 Å². The molecular weight excluding hydrogens is 237 g/mol. The third kappa shape index (κ3) is 3.06. The molecule has 0 aliphatic carbocycles. The Kier molecular flexibility index (Phi) is 4.83. The van der Waals surface area contributed by atoms with Crippen LogP contribution in [0.4, 0.5) is 0 Å². The predicted octanol–water partition coefficient (Wildman–Crippen LogP) is 1.61. The lowest BCUT2D eigenvalue weighted by molar-refractivity contribution is 0.0203. The van der Waals surface area contributed by atoms with E-state index >= 15 is 0 Å². The van der Waals surface area contributed by atoms with Crippen LogP contribution in [0.1, 0.15) is 11.7 Å². The second kappa shape index (κ2) is 5.68. The second-order valence-corrected chi connectivity index (χ2v) is 4.00. The molecule has 1 rings (SSSR count). The Hall–Kier alpha value is -0.320. The predicted molar refractivity (Wildman–Crippen MR) is 61.4 cm³/mol. The molecule has 0 spiro atoms. The molecule has 1 aromatic rings. The molecule has 2 unspecified atom stereocenters. The lowest BCUT2D eigenvalue weighted by Gasteiger charge is -2.19. The number of rotatable bonds is 4. The van der Waals surface area contributed by atoms with Crippen LogP contribution < -0.4 is 5.32 Å². The molecule has 1 aromatic carbocycles. The van der Waals surface area contributed by atoms with Crippen molar-refractivity contribution in [3.05, 3.63) is 33.8 Å². The van der Waals surface area contributed by atoms with Crippen molar-refractivity contribution in [2.24, 2.45) is 0 Å². The minimum Gasteiger partial charge on any atom is -0.389 e. The molecule has 0 heterocycles. The highest BCUT2D eigenvalue weighted by atomic mass is 35.5. The van der Waals surface area contributed by atoms with Crippen LogP contribution in [0.3, 0.4) is 0 Å². The second-order valence-electron chi connectivity index (χ2n) is 3.21. The van der Waals surface area contributed by atoms with Crippen LogP contribution in [0, 0.1) is 0 Å². The van der Waals surface area contributed by atoms with Gasteiger partial charge in [-0.05, 0) is 13.1 Å². The van der Waals surface area contributed by atoms with Gasteiger partial charge in [0.15, 0.2) is 0 Å². The first-order valence-corrected chi connectivity index (χ1v) is 5.28. The fraction of sp³-hybridized carbons (Fsp3) is 0.400. The van der Waals surface area contributed by atoms with Crippen molar-refractivity contribution in [3.8, 4) is 0 Å². The average Bonchev–Trinajstić information content (AvgIpc) is 2.21. The van der Waals surface area contributed by atoms with Crippen molar-refractivity contribution >= 4 is 23.2 Å². The number of halogens is 2. The summed E-state index contributed by atoms with van der Waals surface area (Å²) in [6.45, 7) is 0.282. The van der Waals surface area contributed by atoms with Gasteiger partial charge in [0.05, 0.1) is 16.1 Å². The van der Waals surface area contributed by atoms with Crippen LogP contribution >= 0.6 is 23.2 Å². The first-order chi connectivity index (χ1) is 7.07. The number of aliphatic hydroxyl groups excluding tert-OH is 2. The smallest absolute Gasteiger partial charge is 0.108 e. The zero-order valence-corrected chi connectivity index (χ0v) is 9.76. The van der Waals surface area contributed by atoms with Gasteiger partial charge >= 0.3 is 0 Å². The van der Waals surface area contributed by atoms with Crippen LogP contribution in [0.15, 0.2) is 18.2 Å². The van der Waals surface area contributed by atoms with Gasteiger partial charge in [0.1, 0.15) is 6.10 Å². The van der Waals surface area contributed by atoms with Gasteiger partial charge in [-0.15, -0.1) is 0 Å². The minimum absolute atomic E-state index is 0.279. The third-order valence-corrected chi connectivity index (χ3v) is 2.91. The van der Waals surface area contributed by atoms with Crippen LogP contribution in [0.2, 0.25) is 10.0 Å². The molecule has 0 saturated heterocycles. The molecule has 2 atom stereocenters. The van der Waals surface area contributed by atoms with E-state index in [0.717, 1.165) is 0 Å². The van der Waals surface area contributed by atoms with E-state index in [9.17, 15) is 10.2 Å². The Morgan fingerprint density at radius 1 is 1.33 bits per heavy atom. The summed E-state index contributed by atoms with van der Waals surface area (Å²) in [7, 11) is 1.69. The number of likely N-dealkylation sites (N-methyl/N-ethyl adjacent to an activating group) is 1. The Labute approximate surface area is 98.6 Å². The van der Waals surface area contributed by atoms with Crippen molar-refractivity contribution in [1.82, 2.24) is 5.32 Å². The van der Waals surface area contributed by atoms with Crippen LogP contribution in [-0.4, -0.2) is 29.9 Å². The highest BCUT2D eigenvalue weighted by Crippen LogP contribution is 2.31. The van der Waals surface area contributed by atoms with E-state index in [2.05, 4.69) is 5.32 Å². The largest absolute Gasteiger partial charge is 0.389 e. The van der Waals surface area contributed by atoms with Crippen molar-refractivity contribution in [3.63, 3.8) is 0 Å². The van der Waals surface area contributed by atoms with E-state index < -0.39 is 12.2 Å². The van der Waals surface area contributed by atoms with Crippen molar-refractivity contribution in [2.45, 2.75) is 12.2 Å². The highest BCUT2D eigenvalue weighted by molar-refractivity contribution is 6.42. The Morgan fingerprint density at radius 3 is 2.60 bits per heavy atom. The maximum absolute atomic E-state index is 9.79. The molecule has 84 valence electrons. The zero-order valence-electron chi connectivity index (χ0n) is 8.24. The van der Waals surface area contributed by atoms with E-state index in [0.29, 0.717) is 10.6 Å². The lowest BCUT2D eigenvalue weighted by atomic mass is 10.0. The summed E-state index contributed by atoms with van der Waals surface area (Å²) in [5.74, 6) is 0. The van der Waals surface area contributed by atoms with Gasteiger partial charge in [-0.1, -0.05) is 35.3 Å². The Balaban J connectivity index is 2.90. The topological polar surface area (TPSA) is 52.5 Å². The Morgan fingerprint density at radius 2 is 2.00 bits per heavy atom. The van der Waals surface area contributed by atoms with Gasteiger partial charge < -0.3 is 15.5 Å². The van der Waals surface area contributed by atoms with E-state index in [4.69, 9.17) is 23.2 Å². The standard InChI is InChI=1S/C10H13Cl2NO2/c1-13-5-8(14)10(15)6-3-2-4-7(11)9(6)12/h2-4,8,10,13-15H,5H2,1H3.